The molecule has 0 radical (unpaired) electrons. The Kier molecular flexibility index (Phi) is 32.0. The second-order valence-electron chi connectivity index (χ2n) is 28.2. The van der Waals surface area contributed by atoms with Gasteiger partial charge in [0.05, 0.1) is 72.9 Å². The second kappa shape index (κ2) is 39.4. The average Bonchev–Trinajstić information content (AvgIpc) is 1.61. The van der Waals surface area contributed by atoms with E-state index in [-0.39, 0.29) is 34.7 Å². The van der Waals surface area contributed by atoms with Crippen LogP contribution in [0.2, 0.25) is 0 Å². The van der Waals surface area contributed by atoms with E-state index in [0.717, 1.165) is 18.6 Å². The van der Waals surface area contributed by atoms with Crippen molar-refractivity contribution >= 4 is 58.1 Å². The highest BCUT2D eigenvalue weighted by atomic mass is 31.2. The number of hydrogen-bond acceptors (Lipinski definition) is 30. The van der Waals surface area contributed by atoms with E-state index in [1.54, 1.807) is 96.1 Å². The molecule has 3 fully saturated rings. The minimum Gasteiger partial charge on any atom is -0.463 e. The lowest BCUT2D eigenvalue weighted by Gasteiger charge is -2.29. The number of alkyl halides is 6. The maximum atomic E-state index is 15.7. The first-order valence-electron chi connectivity index (χ1n) is 35.9. The molecule has 0 spiro atoms. The number of hydrogen-bond donors (Lipinski definition) is 6. The van der Waals surface area contributed by atoms with Gasteiger partial charge in [-0.1, -0.05) is 75.4 Å². The van der Waals surface area contributed by atoms with Gasteiger partial charge in [-0.25, -0.2) is 54.4 Å². The Morgan fingerprint density at radius 2 is 0.640 bits per heavy atom. The van der Waals surface area contributed by atoms with Crippen molar-refractivity contribution in [2.24, 2.45) is 17.8 Å². The Morgan fingerprint density at radius 3 is 0.833 bits per heavy atom. The maximum Gasteiger partial charge on any atom is 0.380 e. The number of rotatable bonds is 33. The molecule has 4 unspecified atom stereocenters. The van der Waals surface area contributed by atoms with Gasteiger partial charge in [0.1, 0.15) is 91.3 Å². The summed E-state index contributed by atoms with van der Waals surface area (Å²) in [6.45, 7) is 13.2. The van der Waals surface area contributed by atoms with Crippen LogP contribution in [0.25, 0.3) is 0 Å². The molecule has 0 bridgehead atoms. The van der Waals surface area contributed by atoms with Crippen LogP contribution in [0.5, 0.6) is 17.2 Å². The maximum absolute atomic E-state index is 15.7. The van der Waals surface area contributed by atoms with Crippen LogP contribution in [-0.4, -0.2) is 191 Å². The Morgan fingerprint density at radius 1 is 0.421 bits per heavy atom. The number of esters is 3. The second-order valence-corrected chi connectivity index (χ2v) is 34.1. The van der Waals surface area contributed by atoms with E-state index in [4.69, 9.17) is 72.8 Å². The van der Waals surface area contributed by atoms with Gasteiger partial charge in [0.15, 0.2) is 18.7 Å². The van der Waals surface area contributed by atoms with Crippen LogP contribution in [0.3, 0.4) is 0 Å². The number of carbonyl (C=O) groups is 3. The smallest absolute Gasteiger partial charge is 0.380 e. The molecule has 3 aromatic heterocycles. The van der Waals surface area contributed by atoms with Crippen LogP contribution in [-0.2, 0) is 70.1 Å². The van der Waals surface area contributed by atoms with Crippen molar-refractivity contribution in [2.45, 2.75) is 192 Å². The van der Waals surface area contributed by atoms with Crippen molar-refractivity contribution in [3.05, 3.63) is 159 Å². The summed E-state index contributed by atoms with van der Waals surface area (Å²) in [6, 6.07) is 27.6. The number of benzene rings is 3. The molecule has 114 heavy (non-hydrogen) atoms. The number of nitrogens with two attached hydrogens (primary N) is 3. The minimum absolute atomic E-state index is 0.146. The predicted molar refractivity (Wildman–Crippen MR) is 399 cm³/mol. The lowest BCUT2D eigenvalue weighted by Crippen LogP contribution is -2.48. The summed E-state index contributed by atoms with van der Waals surface area (Å²) in [6.07, 6.45) is -20.3. The van der Waals surface area contributed by atoms with Gasteiger partial charge in [0, 0.05) is 18.6 Å². The Bertz CT molecular complexity index is 4090. The topological polar surface area (TPSA) is 457 Å². The van der Waals surface area contributed by atoms with Gasteiger partial charge in [0.2, 0.25) is 17.0 Å². The highest BCUT2D eigenvalue weighted by Crippen LogP contribution is 2.57. The number of nitrogen functional groups attached to an aromatic ring is 3. The van der Waals surface area contributed by atoms with E-state index in [1.807, 2.05) is 0 Å². The molecule has 0 amide bonds. The fourth-order valence-electron chi connectivity index (χ4n) is 12.0. The van der Waals surface area contributed by atoms with E-state index in [1.165, 1.54) is 96.1 Å². The van der Waals surface area contributed by atoms with E-state index < -0.39 is 223 Å². The zero-order valence-electron chi connectivity index (χ0n) is 64.2. The predicted octanol–water partition coefficient (Wildman–Crippen LogP) is 9.08. The fourth-order valence-corrected chi connectivity index (χ4v) is 18.2. The summed E-state index contributed by atoms with van der Waals surface area (Å²) in [5.74, 6) is -4.62. The van der Waals surface area contributed by atoms with Gasteiger partial charge >= 0.3 is 57.8 Å². The van der Waals surface area contributed by atoms with E-state index in [0.29, 0.717) is 13.7 Å². The van der Waals surface area contributed by atoms with Crippen LogP contribution in [0.1, 0.15) is 102 Å². The van der Waals surface area contributed by atoms with Gasteiger partial charge in [-0.05, 0) is 117 Å². The largest absolute Gasteiger partial charge is 0.463 e. The molecule has 6 heterocycles. The molecular formula is C72H96F6N9O24P3. The highest BCUT2D eigenvalue weighted by molar-refractivity contribution is 7.55. The third kappa shape index (κ3) is 23.2. The number of carbonyl (C=O) groups excluding carboxylic acids is 3. The molecule has 630 valence electrons. The van der Waals surface area contributed by atoms with E-state index in [2.05, 4.69) is 15.0 Å². The molecule has 0 aliphatic carbocycles. The zero-order valence-corrected chi connectivity index (χ0v) is 66.9. The van der Waals surface area contributed by atoms with Crippen molar-refractivity contribution in [3.63, 3.8) is 0 Å². The summed E-state index contributed by atoms with van der Waals surface area (Å²) >= 11 is 0. The molecular weight excluding hydrogens is 1580 g/mol. The van der Waals surface area contributed by atoms with Crippen molar-refractivity contribution in [2.75, 3.05) is 55.7 Å². The summed E-state index contributed by atoms with van der Waals surface area (Å²) < 4.78 is 199. The lowest BCUT2D eigenvalue weighted by atomic mass is 9.95. The lowest BCUT2D eigenvalue weighted by molar-refractivity contribution is -0.152. The molecule has 3 saturated heterocycles. The first-order chi connectivity index (χ1) is 53.4. The average molecular weight is 1680 g/mol. The third-order valence-electron chi connectivity index (χ3n) is 17.5. The summed E-state index contributed by atoms with van der Waals surface area (Å²) in [7, 11) is -12.6. The number of aromatic nitrogens is 6. The molecule has 3 aliphatic rings. The van der Waals surface area contributed by atoms with Crippen LogP contribution in [0, 0.1) is 17.8 Å². The summed E-state index contributed by atoms with van der Waals surface area (Å²) in [4.78, 5) is 84.5. The number of halogens is 6. The fraction of sp³-hybridized carbons (Fsp3) is 0.542. The number of para-hydroxylation sites is 3. The SMILES string of the molecule is CC(C)OC(=O)[C@H](C)CP(=O)(Oc1ccccc1)O[C@H](C)[C@H]1O[C@@H](n2ccc(N)nc2=O)C(F)(CF)[C@H]1O.CC(C)OC(=O)[C@H](C)C[P@@](=O)(Oc1ccccc1)O[C@H](C)[C@H]1O[C@@H](n2ccc(N)nc2=O)C(F)(CF)[C@H]1O.CC(C)OC(=O)[C@H](C)C[P@](=O)(Oc1ccccc1)O[C@H](C)[C@H]1O[C@@H](n2ccc(N)nc2=O)C(F)(CF)[C@H]1O. The monoisotopic (exact) mass is 1680 g/mol. The van der Waals surface area contributed by atoms with Crippen LogP contribution in [0.15, 0.2) is 142 Å². The van der Waals surface area contributed by atoms with Crippen molar-refractivity contribution in [1.29, 1.82) is 0 Å². The van der Waals surface area contributed by atoms with Gasteiger partial charge in [-0.2, -0.15) is 15.0 Å². The number of aliphatic hydroxyl groups excluding tert-OH is 3. The van der Waals surface area contributed by atoms with Crippen molar-refractivity contribution < 1.29 is 125 Å². The van der Waals surface area contributed by atoms with Crippen molar-refractivity contribution in [1.82, 2.24) is 28.7 Å². The first-order valence-corrected chi connectivity index (χ1v) is 41.0. The molecule has 9 rings (SSSR count). The van der Waals surface area contributed by atoms with E-state index >= 15 is 13.2 Å². The van der Waals surface area contributed by atoms with Gasteiger partial charge in [-0.3, -0.25) is 41.7 Å². The summed E-state index contributed by atoms with van der Waals surface area (Å²) in [5, 5.41) is 32.2. The number of ether oxygens (including phenoxy) is 6. The van der Waals surface area contributed by atoms with Crippen LogP contribution in [0.4, 0.5) is 43.8 Å². The molecule has 42 heteroatoms. The number of anilines is 3. The Labute approximate surface area is 651 Å². The number of nitrogens with zero attached hydrogens (tertiary/aromatic N) is 6. The normalized spacial score (nSPS) is 26.5. The standard InChI is InChI=1S/3C24H32F2N3O8P/c3*1-14(2)34-21(31)15(3)12-38(33,37-17-8-6-5-7-9-17)36-16(4)19-20(30)24(26,13-25)22(35-19)29-11-10-18(27)28-23(29)32/h3*5-11,14-16,19-20,22,30H,12-13H2,1-4H3,(H2,27,28,32)/t15-,16-,19-,20+,22-,24?,38?;15-,16-,19-,20+,22-,24?,38+;15-,16-,19-,20+,22-,24?,38-/m111/s1. The van der Waals surface area contributed by atoms with Gasteiger partial charge in [-0.15, -0.1) is 0 Å². The van der Waals surface area contributed by atoms with Gasteiger partial charge < -0.3 is 74.5 Å². The third-order valence-corrected chi connectivity index (χ3v) is 23.9. The van der Waals surface area contributed by atoms with Crippen LogP contribution < -0.4 is 47.8 Å². The van der Waals surface area contributed by atoms with Crippen molar-refractivity contribution in [3.8, 4) is 17.2 Å². The molecule has 21 atom stereocenters. The molecule has 9 N–H and O–H groups in total. The minimum atomic E-state index is -4.19. The summed E-state index contributed by atoms with van der Waals surface area (Å²) in [5.41, 5.74) is 4.13. The zero-order chi connectivity index (χ0) is 84.8. The van der Waals surface area contributed by atoms with E-state index in [9.17, 15) is 71.0 Å². The molecule has 0 saturated carbocycles. The first kappa shape index (κ1) is 92.6. The highest BCUT2D eigenvalue weighted by Gasteiger charge is 2.64. The number of aliphatic hydroxyl groups is 3. The molecule has 3 aliphatic heterocycles. The molecule has 6 aromatic rings. The molecule has 3 aromatic carbocycles. The van der Waals surface area contributed by atoms with Crippen LogP contribution >= 0.6 is 22.8 Å². The Balaban J connectivity index is 0.000000237. The Hall–Kier alpha value is -8.58. The van der Waals surface area contributed by atoms with Gasteiger partial charge in [0.25, 0.3) is 0 Å². The molecule has 33 nitrogen and oxygen atoms in total. The quantitative estimate of drug-likeness (QED) is 0.00967.